The normalized spacial score (nSPS) is 35.0. The molecular weight excluding hydrogens is 262 g/mol. The second-order valence-electron chi connectivity index (χ2n) is 5.90. The van der Waals surface area contributed by atoms with Crippen LogP contribution in [-0.2, 0) is 4.79 Å². The van der Waals surface area contributed by atoms with Crippen molar-refractivity contribution in [1.29, 1.82) is 0 Å². The summed E-state index contributed by atoms with van der Waals surface area (Å²) in [5, 5.41) is 21.6. The molecule has 20 heavy (non-hydrogen) atoms. The lowest BCUT2D eigenvalue weighted by Crippen LogP contribution is -2.53. The number of hydrogen-bond acceptors (Lipinski definition) is 4. The summed E-state index contributed by atoms with van der Waals surface area (Å²) in [5.74, 6) is -1.06. The Labute approximate surface area is 118 Å². The van der Waals surface area contributed by atoms with Crippen LogP contribution in [0.5, 0.6) is 0 Å². The maximum Gasteiger partial charge on any atom is 0.326 e. The number of carbonyl (C=O) groups is 2. The van der Waals surface area contributed by atoms with Gasteiger partial charge in [0.25, 0.3) is 0 Å². The molecular formula is C13H23N3O4. The Morgan fingerprint density at radius 3 is 2.60 bits per heavy atom. The predicted molar refractivity (Wildman–Crippen MR) is 72.4 cm³/mol. The first-order valence-corrected chi connectivity index (χ1v) is 7.06. The summed E-state index contributed by atoms with van der Waals surface area (Å²) >= 11 is 0. The molecule has 2 saturated heterocycles. The van der Waals surface area contributed by atoms with Crippen LogP contribution in [0.25, 0.3) is 0 Å². The number of carboxylic acid groups (broad SMARTS) is 1. The molecule has 0 aliphatic carbocycles. The van der Waals surface area contributed by atoms with E-state index in [0.29, 0.717) is 6.04 Å². The fraction of sp³-hybridized carbons (Fsp3) is 0.846. The van der Waals surface area contributed by atoms with Gasteiger partial charge in [-0.3, -0.25) is 0 Å². The lowest BCUT2D eigenvalue weighted by Gasteiger charge is -2.36. The van der Waals surface area contributed by atoms with E-state index < -0.39 is 18.1 Å². The van der Waals surface area contributed by atoms with Crippen LogP contribution in [-0.4, -0.2) is 76.4 Å². The minimum Gasteiger partial charge on any atom is -0.480 e. The Morgan fingerprint density at radius 1 is 1.30 bits per heavy atom. The predicted octanol–water partition coefficient (Wildman–Crippen LogP) is -0.301. The van der Waals surface area contributed by atoms with E-state index in [1.807, 2.05) is 0 Å². The summed E-state index contributed by atoms with van der Waals surface area (Å²) in [5.41, 5.74) is 0. The third kappa shape index (κ3) is 3.21. The number of aliphatic carboxylic acids is 1. The first kappa shape index (κ1) is 15.1. The van der Waals surface area contributed by atoms with Crippen LogP contribution in [0.4, 0.5) is 4.79 Å². The molecule has 0 aromatic rings. The highest BCUT2D eigenvalue weighted by Crippen LogP contribution is 2.20. The van der Waals surface area contributed by atoms with Crippen molar-refractivity contribution in [2.45, 2.75) is 50.4 Å². The highest BCUT2D eigenvalue weighted by molar-refractivity contribution is 5.83. The standard InChI is InChI=1S/C13H23N3O4/c1-8-5-9(3-4-15(8)2)14-13(20)16-7-10(17)6-11(16)12(18)19/h8-11,17H,3-7H2,1-2H3,(H,14,20)(H,18,19)/t8?,9?,10?,11-/m0/s1. The summed E-state index contributed by atoms with van der Waals surface area (Å²) in [6.45, 7) is 3.11. The average molecular weight is 285 g/mol. The van der Waals surface area contributed by atoms with Gasteiger partial charge in [-0.2, -0.15) is 0 Å². The van der Waals surface area contributed by atoms with E-state index in [-0.39, 0.29) is 25.0 Å². The topological polar surface area (TPSA) is 93.1 Å². The van der Waals surface area contributed by atoms with E-state index >= 15 is 0 Å². The summed E-state index contributed by atoms with van der Waals surface area (Å²) in [7, 11) is 2.06. The largest absolute Gasteiger partial charge is 0.480 e. The molecule has 2 amide bonds. The zero-order chi connectivity index (χ0) is 14.9. The van der Waals surface area contributed by atoms with Gasteiger partial charge in [0.2, 0.25) is 0 Å². The van der Waals surface area contributed by atoms with Crippen LogP contribution >= 0.6 is 0 Å². The molecule has 2 rings (SSSR count). The van der Waals surface area contributed by atoms with E-state index in [4.69, 9.17) is 5.11 Å². The van der Waals surface area contributed by atoms with Crippen molar-refractivity contribution in [2.75, 3.05) is 20.1 Å². The molecule has 0 aromatic carbocycles. The second-order valence-corrected chi connectivity index (χ2v) is 5.90. The zero-order valence-electron chi connectivity index (χ0n) is 12.0. The van der Waals surface area contributed by atoms with Crippen molar-refractivity contribution in [3.05, 3.63) is 0 Å². The quantitative estimate of drug-likeness (QED) is 0.647. The number of β-amino-alcohol motifs (C(OH)–C–C–N with tert-alkyl or cyclic N) is 1. The third-order valence-electron chi connectivity index (χ3n) is 4.36. The van der Waals surface area contributed by atoms with Crippen LogP contribution in [0.15, 0.2) is 0 Å². The molecule has 2 heterocycles. The van der Waals surface area contributed by atoms with E-state index in [1.54, 1.807) is 0 Å². The van der Waals surface area contributed by atoms with Gasteiger partial charge < -0.3 is 25.3 Å². The van der Waals surface area contributed by atoms with Gasteiger partial charge in [-0.1, -0.05) is 0 Å². The van der Waals surface area contributed by atoms with E-state index in [2.05, 4.69) is 24.2 Å². The molecule has 7 nitrogen and oxygen atoms in total. The molecule has 4 atom stereocenters. The van der Waals surface area contributed by atoms with Crippen LogP contribution in [0.2, 0.25) is 0 Å². The van der Waals surface area contributed by atoms with Gasteiger partial charge in [-0.25, -0.2) is 9.59 Å². The summed E-state index contributed by atoms with van der Waals surface area (Å²) in [6, 6.07) is -0.834. The maximum atomic E-state index is 12.2. The lowest BCUT2D eigenvalue weighted by atomic mass is 9.99. The molecule has 3 N–H and O–H groups in total. The molecule has 114 valence electrons. The van der Waals surface area contributed by atoms with Crippen LogP contribution < -0.4 is 5.32 Å². The van der Waals surface area contributed by atoms with Crippen molar-refractivity contribution in [3.63, 3.8) is 0 Å². The molecule has 0 bridgehead atoms. The van der Waals surface area contributed by atoms with Crippen molar-refractivity contribution in [1.82, 2.24) is 15.1 Å². The lowest BCUT2D eigenvalue weighted by molar-refractivity contribution is -0.141. The highest BCUT2D eigenvalue weighted by Gasteiger charge is 2.39. The second kappa shape index (κ2) is 5.97. The summed E-state index contributed by atoms with van der Waals surface area (Å²) in [6.07, 6.45) is 1.07. The van der Waals surface area contributed by atoms with Gasteiger partial charge in [0.1, 0.15) is 6.04 Å². The fourth-order valence-corrected chi connectivity index (χ4v) is 2.95. The fourth-order valence-electron chi connectivity index (χ4n) is 2.95. The Morgan fingerprint density at radius 2 is 2.00 bits per heavy atom. The minimum absolute atomic E-state index is 0.0703. The Bertz CT molecular complexity index is 390. The van der Waals surface area contributed by atoms with Crippen LogP contribution in [0.1, 0.15) is 26.2 Å². The van der Waals surface area contributed by atoms with Gasteiger partial charge in [-0.15, -0.1) is 0 Å². The maximum absolute atomic E-state index is 12.2. The Balaban J connectivity index is 1.92. The van der Waals surface area contributed by atoms with E-state index in [1.165, 1.54) is 4.90 Å². The number of nitrogens with zero attached hydrogens (tertiary/aromatic N) is 2. The first-order valence-electron chi connectivity index (χ1n) is 7.06. The van der Waals surface area contributed by atoms with Crippen LogP contribution in [0, 0.1) is 0 Å². The smallest absolute Gasteiger partial charge is 0.326 e. The number of nitrogens with one attached hydrogen (secondary N) is 1. The van der Waals surface area contributed by atoms with Gasteiger partial charge >= 0.3 is 12.0 Å². The number of aliphatic hydroxyl groups excluding tert-OH is 1. The number of likely N-dealkylation sites (tertiary alicyclic amines) is 2. The minimum atomic E-state index is -1.06. The van der Waals surface area contributed by atoms with E-state index in [0.717, 1.165) is 19.4 Å². The van der Waals surface area contributed by atoms with Gasteiger partial charge in [0.15, 0.2) is 0 Å². The average Bonchev–Trinajstić information content (AvgIpc) is 2.76. The van der Waals surface area contributed by atoms with Gasteiger partial charge in [0.05, 0.1) is 6.10 Å². The number of rotatable bonds is 2. The van der Waals surface area contributed by atoms with Crippen molar-refractivity contribution >= 4 is 12.0 Å². The number of carboxylic acids is 1. The number of amides is 2. The Hall–Kier alpha value is -1.34. The number of carbonyl (C=O) groups excluding carboxylic acids is 1. The number of aliphatic hydroxyl groups is 1. The number of hydrogen-bond donors (Lipinski definition) is 3. The number of urea groups is 1. The van der Waals surface area contributed by atoms with Crippen molar-refractivity contribution < 1.29 is 19.8 Å². The SMILES string of the molecule is CC1CC(NC(=O)N2CC(O)C[C@H]2C(=O)O)CCN1C. The molecule has 0 aromatic heterocycles. The molecule has 7 heteroatoms. The van der Waals surface area contributed by atoms with E-state index in [9.17, 15) is 14.7 Å². The molecule has 0 spiro atoms. The zero-order valence-corrected chi connectivity index (χ0v) is 12.0. The van der Waals surface area contributed by atoms with Crippen LogP contribution in [0.3, 0.4) is 0 Å². The third-order valence-corrected chi connectivity index (χ3v) is 4.36. The molecule has 0 radical (unpaired) electrons. The molecule has 0 saturated carbocycles. The molecule has 2 fully saturated rings. The Kier molecular flexibility index (Phi) is 4.49. The van der Waals surface area contributed by atoms with Gasteiger partial charge in [0, 0.05) is 31.6 Å². The summed E-state index contributed by atoms with van der Waals surface area (Å²) in [4.78, 5) is 26.8. The molecule has 2 aliphatic heterocycles. The monoisotopic (exact) mass is 285 g/mol. The first-order chi connectivity index (χ1) is 9.38. The van der Waals surface area contributed by atoms with Crippen molar-refractivity contribution in [3.8, 4) is 0 Å². The van der Waals surface area contributed by atoms with Gasteiger partial charge in [-0.05, 0) is 26.8 Å². The summed E-state index contributed by atoms with van der Waals surface area (Å²) < 4.78 is 0. The molecule has 2 aliphatic rings. The van der Waals surface area contributed by atoms with Crippen molar-refractivity contribution in [2.24, 2.45) is 0 Å². The highest BCUT2D eigenvalue weighted by atomic mass is 16.4. The molecule has 3 unspecified atom stereocenters. The number of piperidine rings is 1.